The lowest BCUT2D eigenvalue weighted by Crippen LogP contribution is -2.29. The fraction of sp³-hybridized carbons (Fsp3) is 0.667. The summed E-state index contributed by atoms with van der Waals surface area (Å²) in [4.78, 5) is 1.05. The molecule has 0 aromatic carbocycles. The molecule has 0 unspecified atom stereocenters. The fourth-order valence-electron chi connectivity index (χ4n) is 2.16. The van der Waals surface area contributed by atoms with Crippen LogP contribution >= 0.6 is 11.3 Å². The number of hydrogen-bond acceptors (Lipinski definition) is 4. The first-order valence-electron chi connectivity index (χ1n) is 6.09. The summed E-state index contributed by atoms with van der Waals surface area (Å²) >= 11 is 1.36. The standard InChI is InChI=1S/C12H20N2O2S2/c1-12(2)6-7-14(9-12)18(15,16)11-5-4-10(17-11)8-13-3/h4-5,13H,6-9H2,1-3H3. The van der Waals surface area contributed by atoms with E-state index >= 15 is 0 Å². The first kappa shape index (κ1) is 14.0. The number of nitrogens with one attached hydrogen (secondary N) is 1. The molecule has 0 radical (unpaired) electrons. The topological polar surface area (TPSA) is 49.4 Å². The molecule has 1 fully saturated rings. The number of thiophene rings is 1. The molecule has 0 atom stereocenters. The average Bonchev–Trinajstić information content (AvgIpc) is 2.86. The Morgan fingerprint density at radius 1 is 1.44 bits per heavy atom. The molecular formula is C12H20N2O2S2. The monoisotopic (exact) mass is 288 g/mol. The van der Waals surface area contributed by atoms with Crippen molar-refractivity contribution in [3.63, 3.8) is 0 Å². The van der Waals surface area contributed by atoms with Crippen molar-refractivity contribution in [2.24, 2.45) is 5.41 Å². The summed E-state index contributed by atoms with van der Waals surface area (Å²) < 4.78 is 27.0. The van der Waals surface area contributed by atoms with Crippen LogP contribution in [0.3, 0.4) is 0 Å². The third kappa shape index (κ3) is 2.77. The van der Waals surface area contributed by atoms with Crippen molar-refractivity contribution >= 4 is 21.4 Å². The van der Waals surface area contributed by atoms with Gasteiger partial charge in [-0.15, -0.1) is 11.3 Å². The van der Waals surface area contributed by atoms with Crippen LogP contribution in [0.2, 0.25) is 0 Å². The van der Waals surface area contributed by atoms with Gasteiger partial charge in [-0.2, -0.15) is 4.31 Å². The Hall–Kier alpha value is -0.430. The van der Waals surface area contributed by atoms with Gasteiger partial charge in [0.15, 0.2) is 0 Å². The molecular weight excluding hydrogens is 268 g/mol. The van der Waals surface area contributed by atoms with Crippen LogP contribution in [-0.4, -0.2) is 32.9 Å². The third-order valence-electron chi connectivity index (χ3n) is 3.22. The number of sulfonamides is 1. The van der Waals surface area contributed by atoms with Gasteiger partial charge in [-0.3, -0.25) is 0 Å². The van der Waals surface area contributed by atoms with Gasteiger partial charge in [0.25, 0.3) is 10.0 Å². The third-order valence-corrected chi connectivity index (χ3v) is 6.62. The number of rotatable bonds is 4. The van der Waals surface area contributed by atoms with Crippen LogP contribution < -0.4 is 5.32 Å². The smallest absolute Gasteiger partial charge is 0.252 e. The molecule has 1 aromatic rings. The number of hydrogen-bond donors (Lipinski definition) is 1. The highest BCUT2D eigenvalue weighted by Crippen LogP contribution is 2.34. The van der Waals surface area contributed by atoms with Gasteiger partial charge < -0.3 is 5.32 Å². The molecule has 0 aliphatic carbocycles. The SMILES string of the molecule is CNCc1ccc(S(=O)(=O)N2CCC(C)(C)C2)s1. The van der Waals surface area contributed by atoms with E-state index in [9.17, 15) is 8.42 Å². The Morgan fingerprint density at radius 2 is 2.17 bits per heavy atom. The van der Waals surface area contributed by atoms with E-state index < -0.39 is 10.0 Å². The van der Waals surface area contributed by atoms with Crippen LogP contribution in [0.5, 0.6) is 0 Å². The molecule has 1 saturated heterocycles. The van der Waals surface area contributed by atoms with Gasteiger partial charge in [0.1, 0.15) is 4.21 Å². The van der Waals surface area contributed by atoms with E-state index in [-0.39, 0.29) is 5.41 Å². The van der Waals surface area contributed by atoms with Crippen LogP contribution in [0, 0.1) is 5.41 Å². The second-order valence-corrected chi connectivity index (χ2v) is 8.84. The average molecular weight is 288 g/mol. The summed E-state index contributed by atoms with van der Waals surface area (Å²) in [5, 5.41) is 3.03. The van der Waals surface area contributed by atoms with Crippen LogP contribution in [-0.2, 0) is 16.6 Å². The van der Waals surface area contributed by atoms with Gasteiger partial charge in [-0.25, -0.2) is 8.42 Å². The zero-order valence-corrected chi connectivity index (χ0v) is 12.7. The van der Waals surface area contributed by atoms with Crippen LogP contribution in [0.1, 0.15) is 25.1 Å². The molecule has 1 aliphatic heterocycles. The Morgan fingerprint density at radius 3 is 2.72 bits per heavy atom. The van der Waals surface area contributed by atoms with Crippen molar-refractivity contribution < 1.29 is 8.42 Å². The second-order valence-electron chi connectivity index (χ2n) is 5.50. The van der Waals surface area contributed by atoms with Gasteiger partial charge in [0, 0.05) is 24.5 Å². The van der Waals surface area contributed by atoms with Crippen LogP contribution in [0.15, 0.2) is 16.3 Å². The molecule has 0 amide bonds. The fourth-order valence-corrected chi connectivity index (χ4v) is 5.31. The highest BCUT2D eigenvalue weighted by atomic mass is 32.2. The minimum Gasteiger partial charge on any atom is -0.315 e. The molecule has 102 valence electrons. The first-order chi connectivity index (χ1) is 8.35. The van der Waals surface area contributed by atoms with Gasteiger partial charge in [0.05, 0.1) is 0 Å². The second kappa shape index (κ2) is 4.92. The molecule has 1 N–H and O–H groups in total. The molecule has 2 rings (SSSR count). The molecule has 4 nitrogen and oxygen atoms in total. The van der Waals surface area contributed by atoms with Gasteiger partial charge in [-0.1, -0.05) is 13.8 Å². The summed E-state index contributed by atoms with van der Waals surface area (Å²) in [7, 11) is -1.43. The Balaban J connectivity index is 2.20. The molecule has 0 saturated carbocycles. The summed E-state index contributed by atoms with van der Waals surface area (Å²) in [6.07, 6.45) is 0.932. The molecule has 1 aliphatic rings. The van der Waals surface area contributed by atoms with E-state index in [0.717, 1.165) is 11.3 Å². The minimum absolute atomic E-state index is 0.0954. The lowest BCUT2D eigenvalue weighted by molar-refractivity contribution is 0.376. The Kier molecular flexibility index (Phi) is 3.82. The first-order valence-corrected chi connectivity index (χ1v) is 8.34. The summed E-state index contributed by atoms with van der Waals surface area (Å²) in [6.45, 7) is 6.20. The van der Waals surface area contributed by atoms with E-state index in [2.05, 4.69) is 19.2 Å². The zero-order chi connectivity index (χ0) is 13.4. The Bertz CT molecular complexity index is 520. The lowest BCUT2D eigenvalue weighted by atomic mass is 9.93. The summed E-state index contributed by atoms with van der Waals surface area (Å²) in [6, 6.07) is 3.60. The van der Waals surface area contributed by atoms with Crippen LogP contribution in [0.4, 0.5) is 0 Å². The van der Waals surface area contributed by atoms with Gasteiger partial charge >= 0.3 is 0 Å². The van der Waals surface area contributed by atoms with E-state index in [1.807, 2.05) is 13.1 Å². The molecule has 0 bridgehead atoms. The highest BCUT2D eigenvalue weighted by molar-refractivity contribution is 7.91. The number of nitrogens with zero attached hydrogens (tertiary/aromatic N) is 1. The van der Waals surface area contributed by atoms with E-state index in [1.165, 1.54) is 11.3 Å². The highest BCUT2D eigenvalue weighted by Gasteiger charge is 2.37. The van der Waals surface area contributed by atoms with Crippen molar-refractivity contribution in [2.75, 3.05) is 20.1 Å². The predicted molar refractivity (Wildman–Crippen MR) is 74.2 cm³/mol. The maximum atomic E-state index is 12.5. The van der Waals surface area contributed by atoms with Gasteiger partial charge in [0.2, 0.25) is 0 Å². The van der Waals surface area contributed by atoms with Gasteiger partial charge in [-0.05, 0) is 31.0 Å². The Labute approximate surface area is 113 Å². The van der Waals surface area contributed by atoms with Crippen molar-refractivity contribution in [1.82, 2.24) is 9.62 Å². The van der Waals surface area contributed by atoms with Crippen molar-refractivity contribution in [3.05, 3.63) is 17.0 Å². The van der Waals surface area contributed by atoms with E-state index in [4.69, 9.17) is 0 Å². The minimum atomic E-state index is -3.28. The summed E-state index contributed by atoms with van der Waals surface area (Å²) in [5.41, 5.74) is 0.0954. The maximum Gasteiger partial charge on any atom is 0.252 e. The quantitative estimate of drug-likeness (QED) is 0.920. The molecule has 6 heteroatoms. The normalized spacial score (nSPS) is 20.4. The molecule has 18 heavy (non-hydrogen) atoms. The largest absolute Gasteiger partial charge is 0.315 e. The summed E-state index contributed by atoms with van der Waals surface area (Å²) in [5.74, 6) is 0. The molecule has 2 heterocycles. The van der Waals surface area contributed by atoms with Crippen molar-refractivity contribution in [3.8, 4) is 0 Å². The zero-order valence-electron chi connectivity index (χ0n) is 11.1. The van der Waals surface area contributed by atoms with E-state index in [0.29, 0.717) is 23.8 Å². The lowest BCUT2D eigenvalue weighted by Gasteiger charge is -2.18. The van der Waals surface area contributed by atoms with Crippen LogP contribution in [0.25, 0.3) is 0 Å². The maximum absolute atomic E-state index is 12.5. The van der Waals surface area contributed by atoms with Crippen molar-refractivity contribution in [2.45, 2.75) is 31.0 Å². The van der Waals surface area contributed by atoms with E-state index in [1.54, 1.807) is 10.4 Å². The molecule has 0 spiro atoms. The molecule has 1 aromatic heterocycles. The predicted octanol–water partition coefficient (Wildman–Crippen LogP) is 1.89. The van der Waals surface area contributed by atoms with Crippen molar-refractivity contribution in [1.29, 1.82) is 0 Å².